The minimum absolute atomic E-state index is 0. The highest BCUT2D eigenvalue weighted by Crippen LogP contribution is 2.10. The Morgan fingerprint density at radius 1 is 1.57 bits per heavy atom. The molecule has 0 aromatic heterocycles. The number of carbonyl (C=O) groups is 1. The van der Waals surface area contributed by atoms with Crippen LogP contribution in [0.5, 0.6) is 0 Å². The van der Waals surface area contributed by atoms with Crippen molar-refractivity contribution >= 4 is 23.0 Å². The Balaban J connectivity index is 0.00000169. The lowest BCUT2D eigenvalue weighted by Crippen LogP contribution is -2.32. The first kappa shape index (κ1) is 13.7. The number of hydrogen-bond acceptors (Lipinski definition) is 3. The number of hydrogen-bond donors (Lipinski definition) is 0. The summed E-state index contributed by atoms with van der Waals surface area (Å²) in [5.41, 5.74) is 0.815. The van der Waals surface area contributed by atoms with Gasteiger partial charge in [-0.15, -0.1) is 17.0 Å². The van der Waals surface area contributed by atoms with E-state index in [2.05, 4.69) is 11.8 Å². The third-order valence-corrected chi connectivity index (χ3v) is 2.21. The third-order valence-electron chi connectivity index (χ3n) is 2.21. The zero-order chi connectivity index (χ0) is 9.68. The molecule has 0 radical (unpaired) electrons. The fraction of sp³-hybridized carbons (Fsp3) is 0.700. The van der Waals surface area contributed by atoms with Crippen LogP contribution in [0, 0.1) is 0 Å². The van der Waals surface area contributed by atoms with Crippen LogP contribution in [-0.4, -0.2) is 37.1 Å². The summed E-state index contributed by atoms with van der Waals surface area (Å²) in [7, 11) is 0. The van der Waals surface area contributed by atoms with Crippen LogP contribution in [-0.2, 0) is 9.53 Å². The van der Waals surface area contributed by atoms with Gasteiger partial charge in [-0.3, -0.25) is 4.90 Å². The molecule has 1 rings (SSSR count). The molecule has 0 aromatic carbocycles. The lowest BCUT2D eigenvalue weighted by Gasteiger charge is -2.24. The Morgan fingerprint density at radius 3 is 2.86 bits per heavy atom. The van der Waals surface area contributed by atoms with Crippen LogP contribution in [0.2, 0.25) is 0 Å². The average molecular weight is 264 g/mol. The molecule has 14 heavy (non-hydrogen) atoms. The molecule has 0 spiro atoms. The lowest BCUT2D eigenvalue weighted by molar-refractivity contribution is -0.138. The van der Waals surface area contributed by atoms with Gasteiger partial charge < -0.3 is 4.74 Å². The summed E-state index contributed by atoms with van der Waals surface area (Å²) >= 11 is 0. The van der Waals surface area contributed by atoms with Crippen LogP contribution in [0.4, 0.5) is 0 Å². The first-order chi connectivity index (χ1) is 6.27. The number of rotatable bonds is 3. The second-order valence-corrected chi connectivity index (χ2v) is 3.11. The number of esters is 1. The maximum absolute atomic E-state index is 11.3. The largest absolute Gasteiger partial charge is 0.463 e. The van der Waals surface area contributed by atoms with Crippen molar-refractivity contribution in [3.63, 3.8) is 0 Å². The highest BCUT2D eigenvalue weighted by Gasteiger charge is 2.17. The predicted octanol–water partition coefficient (Wildman–Crippen LogP) is 1.78. The summed E-state index contributed by atoms with van der Waals surface area (Å²) in [6.07, 6.45) is 2.95. The highest BCUT2D eigenvalue weighted by molar-refractivity contribution is 8.93. The fourth-order valence-corrected chi connectivity index (χ4v) is 1.45. The molecule has 0 aromatic rings. The van der Waals surface area contributed by atoms with Crippen LogP contribution in [0.15, 0.2) is 11.6 Å². The Kier molecular flexibility index (Phi) is 6.83. The van der Waals surface area contributed by atoms with Gasteiger partial charge in [-0.1, -0.05) is 13.0 Å². The second kappa shape index (κ2) is 7.01. The van der Waals surface area contributed by atoms with Gasteiger partial charge in [0.15, 0.2) is 0 Å². The summed E-state index contributed by atoms with van der Waals surface area (Å²) in [5, 5.41) is 0. The molecule has 0 fully saturated rings. The molecule has 82 valence electrons. The van der Waals surface area contributed by atoms with E-state index >= 15 is 0 Å². The first-order valence-corrected chi connectivity index (χ1v) is 4.86. The molecule has 0 aliphatic carbocycles. The smallest absolute Gasteiger partial charge is 0.334 e. The van der Waals surface area contributed by atoms with Crippen molar-refractivity contribution < 1.29 is 9.53 Å². The molecule has 0 saturated heterocycles. The van der Waals surface area contributed by atoms with Crippen molar-refractivity contribution in [1.29, 1.82) is 0 Å². The molecule has 0 amide bonds. The Morgan fingerprint density at radius 2 is 2.29 bits per heavy atom. The van der Waals surface area contributed by atoms with E-state index in [1.807, 2.05) is 13.0 Å². The van der Waals surface area contributed by atoms with Gasteiger partial charge in [-0.25, -0.2) is 4.79 Å². The van der Waals surface area contributed by atoms with Crippen molar-refractivity contribution in [3.05, 3.63) is 11.6 Å². The van der Waals surface area contributed by atoms with Gasteiger partial charge in [0, 0.05) is 18.7 Å². The van der Waals surface area contributed by atoms with Gasteiger partial charge in [0.05, 0.1) is 6.61 Å². The van der Waals surface area contributed by atoms with Crippen LogP contribution in [0.1, 0.15) is 20.3 Å². The van der Waals surface area contributed by atoms with Crippen molar-refractivity contribution in [2.75, 3.05) is 26.2 Å². The number of likely N-dealkylation sites (N-methyl/N-ethyl adjacent to an activating group) is 1. The summed E-state index contributed by atoms with van der Waals surface area (Å²) < 4.78 is 4.94. The summed E-state index contributed by atoms with van der Waals surface area (Å²) in [5.74, 6) is -0.152. The van der Waals surface area contributed by atoms with Crippen LogP contribution in [0.25, 0.3) is 0 Å². The molecule has 0 saturated carbocycles. The molecule has 0 bridgehead atoms. The van der Waals surface area contributed by atoms with Gasteiger partial charge in [0.25, 0.3) is 0 Å². The summed E-state index contributed by atoms with van der Waals surface area (Å²) in [4.78, 5) is 13.6. The second-order valence-electron chi connectivity index (χ2n) is 3.11. The molecule has 0 N–H and O–H groups in total. The zero-order valence-electron chi connectivity index (χ0n) is 8.78. The predicted molar refractivity (Wildman–Crippen MR) is 61.8 cm³/mol. The van der Waals surface area contributed by atoms with E-state index in [9.17, 15) is 4.79 Å². The molecule has 3 nitrogen and oxygen atoms in total. The van der Waals surface area contributed by atoms with Gasteiger partial charge in [-0.05, 0) is 19.9 Å². The minimum atomic E-state index is -0.152. The standard InChI is InChI=1S/C10H17NO2.BrH/c1-3-11-7-5-6-9(8-11)10(12)13-4-2;/h6H,3-5,7-8H2,1-2H3;1H. The minimum Gasteiger partial charge on any atom is -0.463 e. The van der Waals surface area contributed by atoms with Gasteiger partial charge in [0.1, 0.15) is 0 Å². The molecule has 4 heteroatoms. The van der Waals surface area contributed by atoms with Crippen molar-refractivity contribution in [3.8, 4) is 0 Å². The number of nitrogens with zero attached hydrogens (tertiary/aromatic N) is 1. The van der Waals surface area contributed by atoms with E-state index in [0.29, 0.717) is 6.61 Å². The van der Waals surface area contributed by atoms with E-state index < -0.39 is 0 Å². The SMILES string of the molecule is Br.CCOC(=O)C1=CCCN(CC)C1. The Labute approximate surface area is 95.9 Å². The Bertz CT molecular complexity index is 216. The van der Waals surface area contributed by atoms with Crippen LogP contribution in [0.3, 0.4) is 0 Å². The Hall–Kier alpha value is -0.350. The monoisotopic (exact) mass is 263 g/mol. The van der Waals surface area contributed by atoms with E-state index in [4.69, 9.17) is 4.74 Å². The van der Waals surface area contributed by atoms with Gasteiger partial charge in [0.2, 0.25) is 0 Å². The molecule has 0 atom stereocenters. The van der Waals surface area contributed by atoms with Gasteiger partial charge in [-0.2, -0.15) is 0 Å². The van der Waals surface area contributed by atoms with Crippen molar-refractivity contribution in [2.45, 2.75) is 20.3 Å². The molecule has 1 aliphatic rings. The summed E-state index contributed by atoms with van der Waals surface area (Å²) in [6.45, 7) is 7.20. The number of halogens is 1. The maximum Gasteiger partial charge on any atom is 0.334 e. The van der Waals surface area contributed by atoms with E-state index in [0.717, 1.165) is 31.6 Å². The lowest BCUT2D eigenvalue weighted by atomic mass is 10.1. The number of carbonyl (C=O) groups excluding carboxylic acids is 1. The topological polar surface area (TPSA) is 29.5 Å². The molecular formula is C10H18BrNO2. The van der Waals surface area contributed by atoms with Crippen LogP contribution >= 0.6 is 17.0 Å². The van der Waals surface area contributed by atoms with E-state index in [1.54, 1.807) is 0 Å². The maximum atomic E-state index is 11.3. The van der Waals surface area contributed by atoms with Crippen molar-refractivity contribution in [1.82, 2.24) is 4.90 Å². The average Bonchev–Trinajstić information content (AvgIpc) is 2.18. The van der Waals surface area contributed by atoms with Crippen molar-refractivity contribution in [2.24, 2.45) is 0 Å². The van der Waals surface area contributed by atoms with Gasteiger partial charge >= 0.3 is 5.97 Å². The first-order valence-electron chi connectivity index (χ1n) is 4.86. The summed E-state index contributed by atoms with van der Waals surface area (Å²) in [6, 6.07) is 0. The zero-order valence-corrected chi connectivity index (χ0v) is 10.5. The number of ether oxygens (including phenoxy) is 1. The quantitative estimate of drug-likeness (QED) is 0.728. The molecular weight excluding hydrogens is 246 g/mol. The highest BCUT2D eigenvalue weighted by atomic mass is 79.9. The van der Waals surface area contributed by atoms with E-state index in [1.165, 1.54) is 0 Å². The molecule has 1 heterocycles. The van der Waals surface area contributed by atoms with E-state index in [-0.39, 0.29) is 23.0 Å². The normalized spacial score (nSPS) is 16.9. The molecule has 1 aliphatic heterocycles. The molecule has 0 unspecified atom stereocenters. The van der Waals surface area contributed by atoms with Crippen LogP contribution < -0.4 is 0 Å². The fourth-order valence-electron chi connectivity index (χ4n) is 1.45. The third kappa shape index (κ3) is 3.80.